The van der Waals surface area contributed by atoms with Gasteiger partial charge in [-0.1, -0.05) is 6.07 Å². The number of rotatable bonds is 6. The first kappa shape index (κ1) is 17.7. The third-order valence-corrected chi connectivity index (χ3v) is 4.96. The zero-order valence-corrected chi connectivity index (χ0v) is 14.8. The number of hydrogen-bond acceptors (Lipinski definition) is 7. The van der Waals surface area contributed by atoms with Crippen LogP contribution in [-0.2, 0) is 9.59 Å². The molecular formula is C16H21N5O3S. The number of carbonyl (C=O) groups is 2. The Morgan fingerprint density at radius 2 is 2.04 bits per heavy atom. The van der Waals surface area contributed by atoms with Crippen molar-refractivity contribution >= 4 is 40.3 Å². The summed E-state index contributed by atoms with van der Waals surface area (Å²) in [5, 5.41) is 12.2. The number of hydrogen-bond donors (Lipinski definition) is 2. The molecule has 2 N–H and O–H groups in total. The summed E-state index contributed by atoms with van der Waals surface area (Å²) in [5.41, 5.74) is 1.92. The summed E-state index contributed by atoms with van der Waals surface area (Å²) in [6, 6.07) is 5.36. The van der Waals surface area contributed by atoms with E-state index in [0.717, 1.165) is 43.4 Å². The van der Waals surface area contributed by atoms with E-state index < -0.39 is 11.9 Å². The fourth-order valence-electron chi connectivity index (χ4n) is 2.90. The van der Waals surface area contributed by atoms with Crippen LogP contribution in [0.1, 0.15) is 6.42 Å². The summed E-state index contributed by atoms with van der Waals surface area (Å²) in [6.07, 6.45) is -0.0599. The second-order valence-electron chi connectivity index (χ2n) is 6.33. The van der Waals surface area contributed by atoms with Gasteiger partial charge in [0.1, 0.15) is 11.0 Å². The molecule has 1 aliphatic rings. The molecule has 0 spiro atoms. The molecule has 1 saturated heterocycles. The molecule has 0 unspecified atom stereocenters. The first-order chi connectivity index (χ1) is 12.0. The molecule has 2 heterocycles. The Hall–Kier alpha value is -2.10. The molecular weight excluding hydrogens is 342 g/mol. The summed E-state index contributed by atoms with van der Waals surface area (Å²) in [7, 11) is 2.05. The van der Waals surface area contributed by atoms with Crippen molar-refractivity contribution in [3.05, 3.63) is 18.2 Å². The molecule has 1 aliphatic heterocycles. The van der Waals surface area contributed by atoms with E-state index in [1.165, 1.54) is 0 Å². The number of carbonyl (C=O) groups excluding carboxylic acids is 1. The number of carboxylic acid groups (broad SMARTS) is 1. The molecule has 1 atom stereocenters. The molecule has 0 radical (unpaired) electrons. The van der Waals surface area contributed by atoms with Crippen LogP contribution in [-0.4, -0.2) is 75.3 Å². The van der Waals surface area contributed by atoms with Crippen molar-refractivity contribution in [2.24, 2.45) is 5.92 Å². The highest BCUT2D eigenvalue weighted by molar-refractivity contribution is 7.00. The van der Waals surface area contributed by atoms with E-state index in [1.807, 2.05) is 13.1 Å². The lowest BCUT2D eigenvalue weighted by Crippen LogP contribution is -2.47. The van der Waals surface area contributed by atoms with Crippen molar-refractivity contribution < 1.29 is 14.7 Å². The number of aromatic nitrogens is 2. The Bertz CT molecular complexity index is 757. The van der Waals surface area contributed by atoms with Crippen molar-refractivity contribution in [2.75, 3.05) is 45.1 Å². The van der Waals surface area contributed by atoms with Crippen LogP contribution in [0.25, 0.3) is 11.0 Å². The molecule has 0 saturated carbocycles. The summed E-state index contributed by atoms with van der Waals surface area (Å²) in [6.45, 7) is 3.87. The zero-order valence-electron chi connectivity index (χ0n) is 14.0. The molecule has 2 aromatic rings. The first-order valence-corrected chi connectivity index (χ1v) is 8.91. The van der Waals surface area contributed by atoms with Crippen LogP contribution in [0.4, 0.5) is 5.69 Å². The Kier molecular flexibility index (Phi) is 5.57. The third-order valence-electron chi connectivity index (χ3n) is 4.42. The van der Waals surface area contributed by atoms with E-state index in [0.29, 0.717) is 17.7 Å². The van der Waals surface area contributed by atoms with Gasteiger partial charge in [-0.2, -0.15) is 8.75 Å². The molecule has 0 aliphatic carbocycles. The topological polar surface area (TPSA) is 98.7 Å². The van der Waals surface area contributed by atoms with Crippen molar-refractivity contribution in [2.45, 2.75) is 6.42 Å². The van der Waals surface area contributed by atoms with Crippen LogP contribution in [0.2, 0.25) is 0 Å². The van der Waals surface area contributed by atoms with Gasteiger partial charge >= 0.3 is 5.97 Å². The largest absolute Gasteiger partial charge is 0.481 e. The Morgan fingerprint density at radius 3 is 2.76 bits per heavy atom. The highest BCUT2D eigenvalue weighted by atomic mass is 32.1. The van der Waals surface area contributed by atoms with Gasteiger partial charge in [0, 0.05) is 39.1 Å². The van der Waals surface area contributed by atoms with Crippen LogP contribution in [0.5, 0.6) is 0 Å². The summed E-state index contributed by atoms with van der Waals surface area (Å²) in [5.74, 6) is -1.99. The van der Waals surface area contributed by atoms with Crippen LogP contribution in [0.15, 0.2) is 18.2 Å². The van der Waals surface area contributed by atoms with Gasteiger partial charge < -0.3 is 15.3 Å². The van der Waals surface area contributed by atoms with Crippen molar-refractivity contribution in [1.82, 2.24) is 18.5 Å². The standard InChI is InChI=1S/C16H21N5O3S/c1-20-5-7-21(8-6-20)10-11(16(23)24)9-14(22)17-12-3-2-4-13-15(12)19-25-18-13/h2-4,11H,5-10H2,1H3,(H,17,22)(H,23,24)/t11-/m0/s1. The lowest BCUT2D eigenvalue weighted by molar-refractivity contribution is -0.144. The Balaban J connectivity index is 1.61. The zero-order chi connectivity index (χ0) is 17.8. The van der Waals surface area contributed by atoms with Crippen LogP contribution in [0.3, 0.4) is 0 Å². The second kappa shape index (κ2) is 7.85. The number of anilines is 1. The number of aliphatic carboxylic acids is 1. The van der Waals surface area contributed by atoms with Gasteiger partial charge in [-0.05, 0) is 19.2 Å². The molecule has 3 rings (SSSR count). The van der Waals surface area contributed by atoms with Crippen molar-refractivity contribution in [1.29, 1.82) is 0 Å². The number of carboxylic acids is 1. The number of likely N-dealkylation sites (N-methyl/N-ethyl adjacent to an activating group) is 1. The minimum atomic E-state index is -0.942. The number of fused-ring (bicyclic) bond motifs is 1. The minimum Gasteiger partial charge on any atom is -0.481 e. The van der Waals surface area contributed by atoms with Gasteiger partial charge in [-0.15, -0.1) is 0 Å². The molecule has 9 heteroatoms. The maximum absolute atomic E-state index is 12.3. The average molecular weight is 363 g/mol. The molecule has 1 aromatic heterocycles. The first-order valence-electron chi connectivity index (χ1n) is 8.18. The van der Waals surface area contributed by atoms with Crippen LogP contribution >= 0.6 is 11.7 Å². The number of benzene rings is 1. The normalized spacial score (nSPS) is 17.5. The van der Waals surface area contributed by atoms with E-state index in [-0.39, 0.29) is 12.3 Å². The number of nitrogens with zero attached hydrogens (tertiary/aromatic N) is 4. The molecule has 25 heavy (non-hydrogen) atoms. The van der Waals surface area contributed by atoms with E-state index in [9.17, 15) is 14.7 Å². The average Bonchev–Trinajstić information content (AvgIpc) is 3.06. The molecule has 0 bridgehead atoms. The van der Waals surface area contributed by atoms with Crippen molar-refractivity contribution in [3.8, 4) is 0 Å². The fraction of sp³-hybridized carbons (Fsp3) is 0.500. The van der Waals surface area contributed by atoms with E-state index in [2.05, 4.69) is 23.9 Å². The van der Waals surface area contributed by atoms with E-state index >= 15 is 0 Å². The Labute approximate surface area is 149 Å². The monoisotopic (exact) mass is 363 g/mol. The number of piperazine rings is 1. The highest BCUT2D eigenvalue weighted by Gasteiger charge is 2.26. The molecule has 134 valence electrons. The predicted octanol–water partition coefficient (Wildman–Crippen LogP) is 0.968. The SMILES string of the molecule is CN1CCN(C[C@H](CC(=O)Nc2cccc3nsnc23)C(=O)O)CC1. The van der Waals surface area contributed by atoms with Crippen LogP contribution < -0.4 is 5.32 Å². The highest BCUT2D eigenvalue weighted by Crippen LogP contribution is 2.22. The quantitative estimate of drug-likeness (QED) is 0.789. The van der Waals surface area contributed by atoms with Gasteiger partial charge in [-0.25, -0.2) is 0 Å². The fourth-order valence-corrected chi connectivity index (χ4v) is 3.45. The second-order valence-corrected chi connectivity index (χ2v) is 6.86. The lowest BCUT2D eigenvalue weighted by atomic mass is 10.0. The molecule has 1 amide bonds. The molecule has 8 nitrogen and oxygen atoms in total. The van der Waals surface area contributed by atoms with E-state index in [1.54, 1.807) is 12.1 Å². The maximum atomic E-state index is 12.3. The van der Waals surface area contributed by atoms with Crippen LogP contribution in [0, 0.1) is 5.92 Å². The summed E-state index contributed by atoms with van der Waals surface area (Å²) >= 11 is 1.08. The lowest BCUT2D eigenvalue weighted by Gasteiger charge is -2.33. The van der Waals surface area contributed by atoms with Gasteiger partial charge in [0.25, 0.3) is 0 Å². The van der Waals surface area contributed by atoms with Gasteiger partial charge in [0.05, 0.1) is 23.3 Å². The predicted molar refractivity (Wildman–Crippen MR) is 95.7 cm³/mol. The third kappa shape index (κ3) is 4.50. The van der Waals surface area contributed by atoms with E-state index in [4.69, 9.17) is 0 Å². The minimum absolute atomic E-state index is 0.0599. The summed E-state index contributed by atoms with van der Waals surface area (Å²) in [4.78, 5) is 28.2. The Morgan fingerprint density at radius 1 is 1.28 bits per heavy atom. The van der Waals surface area contributed by atoms with Gasteiger partial charge in [0.15, 0.2) is 0 Å². The molecule has 1 fully saturated rings. The number of amides is 1. The smallest absolute Gasteiger partial charge is 0.308 e. The number of nitrogens with one attached hydrogen (secondary N) is 1. The molecule has 1 aromatic carbocycles. The van der Waals surface area contributed by atoms with Gasteiger partial charge in [0.2, 0.25) is 5.91 Å². The maximum Gasteiger partial charge on any atom is 0.308 e. The summed E-state index contributed by atoms with van der Waals surface area (Å²) < 4.78 is 8.31. The van der Waals surface area contributed by atoms with Crippen molar-refractivity contribution in [3.63, 3.8) is 0 Å². The van der Waals surface area contributed by atoms with Gasteiger partial charge in [-0.3, -0.25) is 14.5 Å².